The van der Waals surface area contributed by atoms with Crippen molar-refractivity contribution in [1.29, 1.82) is 0 Å². The van der Waals surface area contributed by atoms with Crippen molar-refractivity contribution in [2.75, 3.05) is 25.5 Å². The number of fused-ring (bicyclic) bond motifs is 1. The van der Waals surface area contributed by atoms with Gasteiger partial charge in [-0.15, -0.1) is 0 Å². The molecule has 1 fully saturated rings. The van der Waals surface area contributed by atoms with E-state index < -0.39 is 10.0 Å². The van der Waals surface area contributed by atoms with E-state index in [0.29, 0.717) is 42.1 Å². The van der Waals surface area contributed by atoms with Gasteiger partial charge in [-0.1, -0.05) is 19.4 Å². The van der Waals surface area contributed by atoms with Gasteiger partial charge in [-0.3, -0.25) is 9.59 Å². The number of aromatic nitrogens is 2. The van der Waals surface area contributed by atoms with Crippen molar-refractivity contribution in [3.05, 3.63) is 23.9 Å². The number of methoxy groups -OCH3 is 1. The van der Waals surface area contributed by atoms with Gasteiger partial charge in [-0.05, 0) is 37.0 Å². The number of aryl methyl sites for hydroxylation is 1. The fourth-order valence-corrected chi connectivity index (χ4v) is 5.80. The summed E-state index contributed by atoms with van der Waals surface area (Å²) in [7, 11) is -2.31. The van der Waals surface area contributed by atoms with Crippen LogP contribution in [0.25, 0.3) is 11.1 Å². The number of hydrogen-bond acceptors (Lipinski definition) is 6. The smallest absolute Gasteiger partial charge is 0.249 e. The van der Waals surface area contributed by atoms with Gasteiger partial charge < -0.3 is 10.1 Å². The van der Waals surface area contributed by atoms with Crippen LogP contribution in [0.15, 0.2) is 23.1 Å². The SMILES string of the molecule is CCCc1nn2c(c1-c1ccc(OC)c(S(=O)(=O)N3CCCC3)c1)NC(=O)CCC2=O. The van der Waals surface area contributed by atoms with Crippen molar-refractivity contribution in [2.24, 2.45) is 0 Å². The highest BCUT2D eigenvalue weighted by atomic mass is 32.2. The van der Waals surface area contributed by atoms with Gasteiger partial charge >= 0.3 is 0 Å². The summed E-state index contributed by atoms with van der Waals surface area (Å²) in [5, 5.41) is 7.26. The molecule has 31 heavy (non-hydrogen) atoms. The average molecular weight is 447 g/mol. The Morgan fingerprint density at radius 3 is 2.58 bits per heavy atom. The summed E-state index contributed by atoms with van der Waals surface area (Å²) in [6.45, 7) is 2.95. The minimum absolute atomic E-state index is 0.0721. The predicted molar refractivity (Wildman–Crippen MR) is 115 cm³/mol. The van der Waals surface area contributed by atoms with Crippen LogP contribution in [0.5, 0.6) is 5.75 Å². The van der Waals surface area contributed by atoms with Crippen LogP contribution in [0, 0.1) is 0 Å². The lowest BCUT2D eigenvalue weighted by Gasteiger charge is -2.18. The molecule has 2 aliphatic rings. The summed E-state index contributed by atoms with van der Waals surface area (Å²) >= 11 is 0. The van der Waals surface area contributed by atoms with Crippen LogP contribution in [-0.4, -0.2) is 54.5 Å². The molecule has 2 aromatic rings. The molecule has 1 N–H and O–H groups in total. The number of hydrogen-bond donors (Lipinski definition) is 1. The Morgan fingerprint density at radius 2 is 1.90 bits per heavy atom. The Balaban J connectivity index is 1.90. The predicted octanol–water partition coefficient (Wildman–Crippen LogP) is 2.67. The molecule has 1 amide bonds. The zero-order valence-corrected chi connectivity index (χ0v) is 18.5. The largest absolute Gasteiger partial charge is 0.495 e. The monoisotopic (exact) mass is 446 g/mol. The Bertz CT molecular complexity index is 1130. The van der Waals surface area contributed by atoms with Crippen LogP contribution < -0.4 is 10.1 Å². The molecule has 10 heteroatoms. The fraction of sp³-hybridized carbons (Fsp3) is 0.476. The summed E-state index contributed by atoms with van der Waals surface area (Å²) in [6, 6.07) is 4.91. The van der Waals surface area contributed by atoms with Gasteiger partial charge in [0.05, 0.1) is 12.8 Å². The normalized spacial score (nSPS) is 17.4. The molecule has 0 spiro atoms. The van der Waals surface area contributed by atoms with E-state index >= 15 is 0 Å². The van der Waals surface area contributed by atoms with Crippen molar-refractivity contribution < 1.29 is 22.7 Å². The molecule has 1 aromatic carbocycles. The van der Waals surface area contributed by atoms with E-state index in [9.17, 15) is 18.0 Å². The molecule has 4 rings (SSSR count). The third-order valence-corrected chi connectivity index (χ3v) is 7.56. The Labute approximate surface area is 181 Å². The van der Waals surface area contributed by atoms with Gasteiger partial charge in [0.1, 0.15) is 16.5 Å². The number of nitrogens with zero attached hydrogens (tertiary/aromatic N) is 3. The van der Waals surface area contributed by atoms with Crippen LogP contribution in [0.1, 0.15) is 49.5 Å². The Kier molecular flexibility index (Phi) is 5.85. The van der Waals surface area contributed by atoms with Gasteiger partial charge in [0.2, 0.25) is 21.8 Å². The molecular formula is C21H26N4O5S. The van der Waals surface area contributed by atoms with Crippen molar-refractivity contribution in [2.45, 2.75) is 50.3 Å². The number of ether oxygens (including phenoxy) is 1. The molecule has 0 aliphatic carbocycles. The number of nitrogens with one attached hydrogen (secondary N) is 1. The van der Waals surface area contributed by atoms with Crippen LogP contribution in [0.4, 0.5) is 5.82 Å². The quantitative estimate of drug-likeness (QED) is 0.730. The molecule has 166 valence electrons. The minimum atomic E-state index is -3.74. The van der Waals surface area contributed by atoms with E-state index in [4.69, 9.17) is 4.74 Å². The Morgan fingerprint density at radius 1 is 1.16 bits per heavy atom. The van der Waals surface area contributed by atoms with Crippen LogP contribution in [-0.2, 0) is 21.2 Å². The van der Waals surface area contributed by atoms with Gasteiger partial charge in [-0.25, -0.2) is 8.42 Å². The van der Waals surface area contributed by atoms with E-state index in [1.807, 2.05) is 6.92 Å². The van der Waals surface area contributed by atoms with Crippen LogP contribution in [0.2, 0.25) is 0 Å². The third-order valence-electron chi connectivity index (χ3n) is 5.64. The maximum absolute atomic E-state index is 13.3. The second-order valence-electron chi connectivity index (χ2n) is 7.75. The fourth-order valence-electron chi connectivity index (χ4n) is 4.10. The lowest BCUT2D eigenvalue weighted by atomic mass is 10.0. The van der Waals surface area contributed by atoms with Gasteiger partial charge in [0.25, 0.3) is 0 Å². The number of carbonyl (C=O) groups is 2. The first kappa shape index (κ1) is 21.5. The number of amides is 1. The molecule has 0 saturated carbocycles. The first-order valence-corrected chi connectivity index (χ1v) is 11.9. The number of rotatable bonds is 6. The van der Waals surface area contributed by atoms with Crippen molar-refractivity contribution in [3.63, 3.8) is 0 Å². The van der Waals surface area contributed by atoms with Crippen molar-refractivity contribution >= 4 is 27.7 Å². The van der Waals surface area contributed by atoms with E-state index in [0.717, 1.165) is 19.3 Å². The topological polar surface area (TPSA) is 111 Å². The van der Waals surface area contributed by atoms with Crippen molar-refractivity contribution in [1.82, 2.24) is 14.1 Å². The number of benzene rings is 1. The van der Waals surface area contributed by atoms with Crippen LogP contribution >= 0.6 is 0 Å². The zero-order valence-electron chi connectivity index (χ0n) is 17.7. The maximum atomic E-state index is 13.3. The summed E-state index contributed by atoms with van der Waals surface area (Å²) in [5.41, 5.74) is 1.78. The number of carbonyl (C=O) groups excluding carboxylic acids is 2. The van der Waals surface area contributed by atoms with E-state index in [1.165, 1.54) is 16.1 Å². The summed E-state index contributed by atoms with van der Waals surface area (Å²) < 4.78 is 34.7. The molecule has 3 heterocycles. The summed E-state index contributed by atoms with van der Waals surface area (Å²) in [4.78, 5) is 24.8. The zero-order chi connectivity index (χ0) is 22.2. The summed E-state index contributed by atoms with van der Waals surface area (Å²) in [6.07, 6.45) is 3.17. The standard InChI is InChI=1S/C21H26N4O5S/c1-3-6-15-20(21-22-18(26)9-10-19(27)25(21)23-15)14-7-8-16(30-2)17(13-14)31(28,29)24-11-4-5-12-24/h7-8,13H,3-6,9-12H2,1-2H3,(H,22,26). The minimum Gasteiger partial charge on any atom is -0.495 e. The lowest BCUT2D eigenvalue weighted by Crippen LogP contribution is -2.28. The van der Waals surface area contributed by atoms with Gasteiger partial charge in [0.15, 0.2) is 0 Å². The van der Waals surface area contributed by atoms with Gasteiger partial charge in [0, 0.05) is 31.5 Å². The Hall–Kier alpha value is -2.72. The second-order valence-corrected chi connectivity index (χ2v) is 9.66. The molecule has 0 atom stereocenters. The highest BCUT2D eigenvalue weighted by molar-refractivity contribution is 7.89. The molecular weight excluding hydrogens is 420 g/mol. The summed E-state index contributed by atoms with van der Waals surface area (Å²) in [5.74, 6) is 0.0156. The van der Waals surface area contributed by atoms with E-state index in [1.54, 1.807) is 18.2 Å². The molecule has 2 aliphatic heterocycles. The molecule has 9 nitrogen and oxygen atoms in total. The van der Waals surface area contributed by atoms with Crippen molar-refractivity contribution in [3.8, 4) is 16.9 Å². The molecule has 0 unspecified atom stereocenters. The third kappa shape index (κ3) is 3.85. The number of anilines is 1. The second kappa shape index (κ2) is 8.43. The molecule has 1 aromatic heterocycles. The van der Waals surface area contributed by atoms with E-state index in [2.05, 4.69) is 10.4 Å². The highest BCUT2D eigenvalue weighted by Gasteiger charge is 2.32. The van der Waals surface area contributed by atoms with Gasteiger partial charge in [-0.2, -0.15) is 14.1 Å². The average Bonchev–Trinajstić information content (AvgIpc) is 3.38. The first-order chi connectivity index (χ1) is 14.9. The first-order valence-electron chi connectivity index (χ1n) is 10.5. The molecule has 0 radical (unpaired) electrons. The lowest BCUT2D eigenvalue weighted by molar-refractivity contribution is -0.116. The number of sulfonamides is 1. The highest BCUT2D eigenvalue weighted by Crippen LogP contribution is 2.38. The van der Waals surface area contributed by atoms with Crippen LogP contribution in [0.3, 0.4) is 0 Å². The maximum Gasteiger partial charge on any atom is 0.249 e. The molecule has 0 bridgehead atoms. The van der Waals surface area contributed by atoms with E-state index in [-0.39, 0.29) is 35.3 Å². The molecule has 1 saturated heterocycles.